The number of thioether (sulfide) groups is 1. The molecule has 3 amide bonds. The van der Waals surface area contributed by atoms with Gasteiger partial charge in [0.15, 0.2) is 6.61 Å². The number of halogens is 1. The zero-order valence-corrected chi connectivity index (χ0v) is 17.0. The molecule has 2 aromatic rings. The first-order chi connectivity index (χ1) is 12.9. The van der Waals surface area contributed by atoms with Gasteiger partial charge in [-0.3, -0.25) is 19.3 Å². The van der Waals surface area contributed by atoms with E-state index in [0.29, 0.717) is 16.2 Å². The van der Waals surface area contributed by atoms with Crippen LogP contribution in [0.2, 0.25) is 0 Å². The van der Waals surface area contributed by atoms with Crippen LogP contribution >= 0.6 is 34.4 Å². The smallest absolute Gasteiger partial charge is 0.293 e. The Kier molecular flexibility index (Phi) is 6.17. The summed E-state index contributed by atoms with van der Waals surface area (Å²) in [5.41, 5.74) is 6.64. The fourth-order valence-electron chi connectivity index (χ4n) is 2.41. The Morgan fingerprint density at radius 3 is 2.63 bits per heavy atom. The lowest BCUT2D eigenvalue weighted by Gasteiger charge is -2.12. The average molecular weight is 494 g/mol. The molecule has 1 heterocycles. The van der Waals surface area contributed by atoms with Gasteiger partial charge in [0.2, 0.25) is 0 Å². The van der Waals surface area contributed by atoms with Gasteiger partial charge in [-0.25, -0.2) is 0 Å². The van der Waals surface area contributed by atoms with Crippen LogP contribution in [0.1, 0.15) is 11.1 Å². The van der Waals surface area contributed by atoms with E-state index in [1.165, 1.54) is 4.90 Å². The molecule has 27 heavy (non-hydrogen) atoms. The van der Waals surface area contributed by atoms with E-state index in [4.69, 9.17) is 10.5 Å². The summed E-state index contributed by atoms with van der Waals surface area (Å²) in [6.45, 7) is 0.0106. The molecular formula is C19H15IN2O4S. The lowest BCUT2D eigenvalue weighted by Crippen LogP contribution is -2.27. The van der Waals surface area contributed by atoms with Crippen molar-refractivity contribution in [3.05, 3.63) is 68.1 Å². The standard InChI is InChI=1S/C19H15IN2O4S/c20-14-6-4-12(5-7-14)10-22-18(24)16(27-19(22)25)9-13-2-1-3-15(8-13)26-11-17(21)23/h1-9H,10-11H2,(H2,21,23)/b16-9-. The minimum Gasteiger partial charge on any atom is -0.484 e. The molecular weight excluding hydrogens is 479 g/mol. The number of hydrogen-bond donors (Lipinski definition) is 1. The molecule has 0 bridgehead atoms. The van der Waals surface area contributed by atoms with Crippen LogP contribution in [0.4, 0.5) is 4.79 Å². The van der Waals surface area contributed by atoms with Crippen molar-refractivity contribution < 1.29 is 19.1 Å². The predicted octanol–water partition coefficient (Wildman–Crippen LogP) is 3.39. The number of primary amides is 1. The third-order valence-electron chi connectivity index (χ3n) is 3.66. The first-order valence-electron chi connectivity index (χ1n) is 7.93. The summed E-state index contributed by atoms with van der Waals surface area (Å²) in [4.78, 5) is 37.3. The van der Waals surface area contributed by atoms with Gasteiger partial charge in [0.25, 0.3) is 17.1 Å². The van der Waals surface area contributed by atoms with E-state index in [1.807, 2.05) is 24.3 Å². The minimum absolute atomic E-state index is 0.226. The molecule has 0 aliphatic carbocycles. The summed E-state index contributed by atoms with van der Waals surface area (Å²) >= 11 is 3.11. The third-order valence-corrected chi connectivity index (χ3v) is 5.29. The Labute approximate surface area is 173 Å². The van der Waals surface area contributed by atoms with Gasteiger partial charge in [0.1, 0.15) is 5.75 Å². The second kappa shape index (κ2) is 8.57. The number of carbonyl (C=O) groups excluding carboxylic acids is 3. The number of hydrogen-bond acceptors (Lipinski definition) is 5. The highest BCUT2D eigenvalue weighted by molar-refractivity contribution is 14.1. The van der Waals surface area contributed by atoms with E-state index in [1.54, 1.807) is 30.3 Å². The van der Waals surface area contributed by atoms with Crippen molar-refractivity contribution >= 4 is 57.5 Å². The van der Waals surface area contributed by atoms with E-state index >= 15 is 0 Å². The zero-order valence-electron chi connectivity index (χ0n) is 14.1. The minimum atomic E-state index is -0.572. The monoisotopic (exact) mass is 494 g/mol. The molecule has 2 N–H and O–H groups in total. The van der Waals surface area contributed by atoms with E-state index in [9.17, 15) is 14.4 Å². The second-order valence-electron chi connectivity index (χ2n) is 5.72. The van der Waals surface area contributed by atoms with Gasteiger partial charge in [0, 0.05) is 3.57 Å². The summed E-state index contributed by atoms with van der Waals surface area (Å²) in [6, 6.07) is 14.5. The molecule has 0 aromatic heterocycles. The largest absolute Gasteiger partial charge is 0.484 e. The SMILES string of the molecule is NC(=O)COc1cccc(/C=C2\SC(=O)N(Cc3ccc(I)cc3)C2=O)c1. The summed E-state index contributed by atoms with van der Waals surface area (Å²) < 4.78 is 6.34. The number of benzene rings is 2. The van der Waals surface area contributed by atoms with Crippen LogP contribution in [0, 0.1) is 3.57 Å². The van der Waals surface area contributed by atoms with Crippen LogP contribution in [-0.4, -0.2) is 28.6 Å². The van der Waals surface area contributed by atoms with Gasteiger partial charge >= 0.3 is 0 Å². The molecule has 1 fully saturated rings. The maximum Gasteiger partial charge on any atom is 0.293 e. The van der Waals surface area contributed by atoms with Gasteiger partial charge in [-0.1, -0.05) is 24.3 Å². The van der Waals surface area contributed by atoms with Crippen molar-refractivity contribution in [2.75, 3.05) is 6.61 Å². The Morgan fingerprint density at radius 1 is 1.19 bits per heavy atom. The van der Waals surface area contributed by atoms with E-state index in [0.717, 1.165) is 20.9 Å². The maximum absolute atomic E-state index is 12.6. The molecule has 6 nitrogen and oxygen atoms in total. The molecule has 1 aliphatic heterocycles. The lowest BCUT2D eigenvalue weighted by atomic mass is 10.2. The number of imide groups is 1. The molecule has 138 valence electrons. The van der Waals surface area contributed by atoms with Crippen molar-refractivity contribution in [1.29, 1.82) is 0 Å². The van der Waals surface area contributed by atoms with E-state index in [-0.39, 0.29) is 24.3 Å². The molecule has 2 aromatic carbocycles. The average Bonchev–Trinajstić information content (AvgIpc) is 2.89. The Bertz CT molecular complexity index is 928. The molecule has 1 aliphatic rings. The summed E-state index contributed by atoms with van der Waals surface area (Å²) in [5, 5.41) is -0.300. The summed E-state index contributed by atoms with van der Waals surface area (Å²) in [5.74, 6) is -0.440. The first-order valence-corrected chi connectivity index (χ1v) is 9.83. The summed E-state index contributed by atoms with van der Waals surface area (Å²) in [7, 11) is 0. The first kappa shape index (κ1) is 19.4. The van der Waals surface area contributed by atoms with Crippen molar-refractivity contribution in [3.8, 4) is 5.75 Å². The highest BCUT2D eigenvalue weighted by Crippen LogP contribution is 2.33. The van der Waals surface area contributed by atoms with Crippen LogP contribution in [0.5, 0.6) is 5.75 Å². The molecule has 0 radical (unpaired) electrons. The Hall–Kier alpha value is -2.33. The van der Waals surface area contributed by atoms with Gasteiger partial charge in [-0.05, 0) is 75.8 Å². The quantitative estimate of drug-likeness (QED) is 0.492. The van der Waals surface area contributed by atoms with Crippen LogP contribution < -0.4 is 10.5 Å². The van der Waals surface area contributed by atoms with Crippen LogP contribution in [-0.2, 0) is 16.1 Å². The highest BCUT2D eigenvalue weighted by Gasteiger charge is 2.34. The number of nitrogens with two attached hydrogens (primary N) is 1. The summed E-state index contributed by atoms with van der Waals surface area (Å²) in [6.07, 6.45) is 1.63. The number of carbonyl (C=O) groups is 3. The van der Waals surface area contributed by atoms with Crippen LogP contribution in [0.25, 0.3) is 6.08 Å². The molecule has 0 saturated carbocycles. The predicted molar refractivity (Wildman–Crippen MR) is 112 cm³/mol. The van der Waals surface area contributed by atoms with Gasteiger partial charge < -0.3 is 10.5 Å². The molecule has 0 spiro atoms. The van der Waals surface area contributed by atoms with Gasteiger partial charge in [-0.15, -0.1) is 0 Å². The van der Waals surface area contributed by atoms with Gasteiger partial charge in [-0.2, -0.15) is 0 Å². The number of ether oxygens (including phenoxy) is 1. The van der Waals surface area contributed by atoms with Crippen molar-refractivity contribution in [2.24, 2.45) is 5.73 Å². The number of amides is 3. The number of rotatable bonds is 6. The Balaban J connectivity index is 1.75. The topological polar surface area (TPSA) is 89.7 Å². The van der Waals surface area contributed by atoms with Crippen molar-refractivity contribution in [1.82, 2.24) is 4.90 Å². The molecule has 1 saturated heterocycles. The van der Waals surface area contributed by atoms with E-state index in [2.05, 4.69) is 22.6 Å². The lowest BCUT2D eigenvalue weighted by molar-refractivity contribution is -0.123. The third kappa shape index (κ3) is 5.10. The molecule has 8 heteroatoms. The maximum atomic E-state index is 12.6. The highest BCUT2D eigenvalue weighted by atomic mass is 127. The molecule has 0 unspecified atom stereocenters. The second-order valence-corrected chi connectivity index (χ2v) is 7.96. The van der Waals surface area contributed by atoms with Crippen molar-refractivity contribution in [2.45, 2.75) is 6.54 Å². The van der Waals surface area contributed by atoms with Gasteiger partial charge in [0.05, 0.1) is 11.4 Å². The van der Waals surface area contributed by atoms with Crippen molar-refractivity contribution in [3.63, 3.8) is 0 Å². The number of nitrogens with zero attached hydrogens (tertiary/aromatic N) is 1. The fourth-order valence-corrected chi connectivity index (χ4v) is 3.61. The fraction of sp³-hybridized carbons (Fsp3) is 0.105. The molecule has 3 rings (SSSR count). The normalized spacial score (nSPS) is 15.4. The Morgan fingerprint density at radius 2 is 1.93 bits per heavy atom. The zero-order chi connectivity index (χ0) is 19.4. The van der Waals surface area contributed by atoms with Crippen LogP contribution in [0.3, 0.4) is 0 Å². The molecule has 0 atom stereocenters. The van der Waals surface area contributed by atoms with E-state index < -0.39 is 5.91 Å². The van der Waals surface area contributed by atoms with Crippen LogP contribution in [0.15, 0.2) is 53.4 Å².